The molecule has 0 saturated carbocycles. The summed E-state index contributed by atoms with van der Waals surface area (Å²) in [5.74, 6) is 4.07. The predicted octanol–water partition coefficient (Wildman–Crippen LogP) is 6.46. The summed E-state index contributed by atoms with van der Waals surface area (Å²) in [5, 5.41) is 21.2. The topological polar surface area (TPSA) is 63.6 Å². The Morgan fingerprint density at radius 2 is 1.53 bits per heavy atom. The van der Waals surface area contributed by atoms with Gasteiger partial charge < -0.3 is 15.1 Å². The molecule has 4 nitrogen and oxygen atoms in total. The number of hydrogen-bond donors (Lipinski definition) is 1. The molecular weight excluding hydrogens is 467 g/mol. The molecule has 0 unspecified atom stereocenters. The molecule has 1 N–H and O–H groups in total. The van der Waals surface area contributed by atoms with Crippen LogP contribution >= 0.6 is 0 Å². The normalized spacial score (nSPS) is 11.0. The standard InChI is InChI=1S/C29H28F3NO3/c1-2-3-4-5-18-33(25-16-17-27(34)26(19-25)28(35)36)20-23-10-8-21(9-11-23)6-7-22-12-14-24(15-13-22)29(30,31)32/h8-17,19,34H,2-5,18,20H2,1H3,(H,35,36)/p-1. The van der Waals surface area contributed by atoms with Gasteiger partial charge in [0, 0.05) is 29.9 Å². The van der Waals surface area contributed by atoms with Crippen molar-refractivity contribution < 1.29 is 28.2 Å². The van der Waals surface area contributed by atoms with Crippen LogP contribution in [0.15, 0.2) is 66.7 Å². The summed E-state index contributed by atoms with van der Waals surface area (Å²) >= 11 is 0. The van der Waals surface area contributed by atoms with E-state index in [1.807, 2.05) is 24.3 Å². The Balaban J connectivity index is 1.74. The SMILES string of the molecule is CCCCCCN(Cc1ccc(C#Cc2ccc(C(F)(F)F)cc2)cc1)c1ccc([O-])c(C(=O)O)c1. The Morgan fingerprint density at radius 3 is 2.08 bits per heavy atom. The molecule has 0 aromatic heterocycles. The van der Waals surface area contributed by atoms with Crippen LogP contribution in [0.25, 0.3) is 0 Å². The van der Waals surface area contributed by atoms with E-state index in [4.69, 9.17) is 0 Å². The van der Waals surface area contributed by atoms with Gasteiger partial charge in [0.05, 0.1) is 11.1 Å². The highest BCUT2D eigenvalue weighted by Crippen LogP contribution is 2.29. The Bertz CT molecular complexity index is 1220. The largest absolute Gasteiger partial charge is 0.872 e. The molecule has 0 heterocycles. The first-order valence-corrected chi connectivity index (χ1v) is 11.7. The second-order valence-electron chi connectivity index (χ2n) is 8.49. The maximum atomic E-state index is 12.7. The quantitative estimate of drug-likeness (QED) is 0.274. The van der Waals surface area contributed by atoms with Gasteiger partial charge in [-0.15, -0.1) is 0 Å². The summed E-state index contributed by atoms with van der Waals surface area (Å²) in [7, 11) is 0. The maximum absolute atomic E-state index is 12.7. The summed E-state index contributed by atoms with van der Waals surface area (Å²) in [6.07, 6.45) is -0.177. The number of aromatic carboxylic acids is 1. The first-order valence-electron chi connectivity index (χ1n) is 11.7. The number of halogens is 3. The van der Waals surface area contributed by atoms with Gasteiger partial charge in [0.1, 0.15) is 0 Å². The zero-order valence-corrected chi connectivity index (χ0v) is 19.9. The van der Waals surface area contributed by atoms with Crippen LogP contribution in [0, 0.1) is 11.8 Å². The Hall–Kier alpha value is -3.92. The first-order chi connectivity index (χ1) is 17.2. The molecule has 0 amide bonds. The highest BCUT2D eigenvalue weighted by Gasteiger charge is 2.29. The fourth-order valence-corrected chi connectivity index (χ4v) is 3.71. The summed E-state index contributed by atoms with van der Waals surface area (Å²) in [4.78, 5) is 13.5. The molecule has 188 valence electrons. The smallest absolute Gasteiger partial charge is 0.416 e. The molecule has 0 aliphatic heterocycles. The summed E-state index contributed by atoms with van der Waals surface area (Å²) < 4.78 is 38.1. The van der Waals surface area contributed by atoms with Gasteiger partial charge in [-0.1, -0.05) is 62.0 Å². The monoisotopic (exact) mass is 494 g/mol. The van der Waals surface area contributed by atoms with Crippen molar-refractivity contribution in [1.82, 2.24) is 0 Å². The minimum Gasteiger partial charge on any atom is -0.872 e. The van der Waals surface area contributed by atoms with E-state index in [-0.39, 0.29) is 5.56 Å². The molecule has 0 saturated heterocycles. The van der Waals surface area contributed by atoms with Gasteiger partial charge in [0.15, 0.2) is 0 Å². The Kier molecular flexibility index (Phi) is 9.02. The van der Waals surface area contributed by atoms with Gasteiger partial charge in [-0.25, -0.2) is 4.79 Å². The molecule has 0 radical (unpaired) electrons. The van der Waals surface area contributed by atoms with Crippen molar-refractivity contribution in [3.05, 3.63) is 94.5 Å². The summed E-state index contributed by atoms with van der Waals surface area (Å²) in [5.41, 5.74) is 1.90. The van der Waals surface area contributed by atoms with Gasteiger partial charge in [0.25, 0.3) is 0 Å². The predicted molar refractivity (Wildman–Crippen MR) is 132 cm³/mol. The molecule has 3 aromatic carbocycles. The third-order valence-electron chi connectivity index (χ3n) is 5.73. The summed E-state index contributed by atoms with van der Waals surface area (Å²) in [6, 6.07) is 16.6. The number of carboxylic acids is 1. The van der Waals surface area contributed by atoms with E-state index < -0.39 is 23.5 Å². The lowest BCUT2D eigenvalue weighted by molar-refractivity contribution is -0.268. The number of alkyl halides is 3. The van der Waals surface area contributed by atoms with E-state index in [1.165, 1.54) is 24.3 Å². The molecule has 36 heavy (non-hydrogen) atoms. The zero-order chi connectivity index (χ0) is 26.1. The van der Waals surface area contributed by atoms with Crippen LogP contribution in [0.2, 0.25) is 0 Å². The van der Waals surface area contributed by atoms with Crippen LogP contribution in [0.4, 0.5) is 18.9 Å². The summed E-state index contributed by atoms with van der Waals surface area (Å²) in [6.45, 7) is 3.37. The number of carboxylic acid groups (broad SMARTS) is 1. The van der Waals surface area contributed by atoms with Crippen molar-refractivity contribution in [3.63, 3.8) is 0 Å². The van der Waals surface area contributed by atoms with E-state index in [1.54, 1.807) is 6.07 Å². The van der Waals surface area contributed by atoms with Gasteiger partial charge in [-0.3, -0.25) is 0 Å². The minimum absolute atomic E-state index is 0.250. The van der Waals surface area contributed by atoms with E-state index in [9.17, 15) is 28.2 Å². The number of hydrogen-bond acceptors (Lipinski definition) is 3. The highest BCUT2D eigenvalue weighted by atomic mass is 19.4. The van der Waals surface area contributed by atoms with Gasteiger partial charge in [-0.05, 0) is 60.5 Å². The van der Waals surface area contributed by atoms with Crippen molar-refractivity contribution >= 4 is 11.7 Å². The third-order valence-corrected chi connectivity index (χ3v) is 5.73. The van der Waals surface area contributed by atoms with Crippen LogP contribution in [0.5, 0.6) is 5.75 Å². The van der Waals surface area contributed by atoms with Crippen LogP contribution in [0.3, 0.4) is 0 Å². The van der Waals surface area contributed by atoms with Crippen molar-refractivity contribution in [2.24, 2.45) is 0 Å². The van der Waals surface area contributed by atoms with Crippen LogP contribution < -0.4 is 10.0 Å². The molecule has 0 fully saturated rings. The lowest BCUT2D eigenvalue weighted by Crippen LogP contribution is -2.24. The van der Waals surface area contributed by atoms with E-state index >= 15 is 0 Å². The van der Waals surface area contributed by atoms with Crippen molar-refractivity contribution in [1.29, 1.82) is 0 Å². The van der Waals surface area contributed by atoms with Crippen molar-refractivity contribution in [2.45, 2.75) is 45.3 Å². The Labute approximate surface area is 209 Å². The molecule has 0 bridgehead atoms. The zero-order valence-electron chi connectivity index (χ0n) is 19.9. The number of carbonyl (C=O) groups is 1. The number of anilines is 1. The van der Waals surface area contributed by atoms with Gasteiger partial charge >= 0.3 is 12.1 Å². The molecule has 0 aliphatic rings. The average molecular weight is 495 g/mol. The lowest BCUT2D eigenvalue weighted by atomic mass is 10.1. The highest BCUT2D eigenvalue weighted by molar-refractivity contribution is 5.91. The molecular formula is C29H27F3NO3-. The fraction of sp³-hybridized carbons (Fsp3) is 0.276. The van der Waals surface area contributed by atoms with Crippen molar-refractivity contribution in [3.8, 4) is 17.6 Å². The average Bonchev–Trinajstić information content (AvgIpc) is 2.85. The number of unbranched alkanes of at least 4 members (excludes halogenated alkanes) is 3. The lowest BCUT2D eigenvalue weighted by Gasteiger charge is -2.26. The number of nitrogens with zero attached hydrogens (tertiary/aromatic N) is 1. The van der Waals surface area contributed by atoms with Crippen LogP contribution in [-0.2, 0) is 12.7 Å². The molecule has 3 aromatic rings. The first kappa shape index (κ1) is 26.7. The molecule has 0 spiro atoms. The van der Waals surface area contributed by atoms with Crippen molar-refractivity contribution in [2.75, 3.05) is 11.4 Å². The minimum atomic E-state index is -4.38. The number of benzene rings is 3. The fourth-order valence-electron chi connectivity index (χ4n) is 3.71. The van der Waals surface area contributed by atoms with E-state index in [2.05, 4.69) is 23.7 Å². The van der Waals surface area contributed by atoms with E-state index in [0.29, 0.717) is 24.3 Å². The Morgan fingerprint density at radius 1 is 0.917 bits per heavy atom. The van der Waals surface area contributed by atoms with Crippen LogP contribution in [-0.4, -0.2) is 17.6 Å². The maximum Gasteiger partial charge on any atom is 0.416 e. The third kappa shape index (κ3) is 7.54. The van der Waals surface area contributed by atoms with E-state index in [0.717, 1.165) is 48.9 Å². The molecule has 0 atom stereocenters. The van der Waals surface area contributed by atoms with Gasteiger partial charge in [-0.2, -0.15) is 13.2 Å². The second-order valence-corrected chi connectivity index (χ2v) is 8.49. The number of rotatable bonds is 9. The molecule has 7 heteroatoms. The van der Waals surface area contributed by atoms with Gasteiger partial charge in [0.2, 0.25) is 0 Å². The molecule has 0 aliphatic carbocycles. The second kappa shape index (κ2) is 12.2. The molecule has 3 rings (SSSR count). The van der Waals surface area contributed by atoms with Crippen LogP contribution in [0.1, 0.15) is 65.2 Å².